The summed E-state index contributed by atoms with van der Waals surface area (Å²) in [6.45, 7) is 6.06. The topological polar surface area (TPSA) is 58.4 Å². The average Bonchev–Trinajstić information content (AvgIpc) is 2.26. The summed E-state index contributed by atoms with van der Waals surface area (Å²) in [6, 6.07) is 0.270. The first-order valence-corrected chi connectivity index (χ1v) is 7.59. The predicted molar refractivity (Wildman–Crippen MR) is 82.1 cm³/mol. The van der Waals surface area contributed by atoms with Gasteiger partial charge in [-0.25, -0.2) is 0 Å². The maximum absolute atomic E-state index is 11.9. The summed E-state index contributed by atoms with van der Waals surface area (Å²) < 4.78 is 0. The van der Waals surface area contributed by atoms with Crippen LogP contribution in [0, 0.1) is 5.92 Å². The van der Waals surface area contributed by atoms with Crippen LogP contribution in [0.4, 0.5) is 0 Å². The Bertz CT molecular complexity index is 219. The minimum Gasteiger partial charge on any atom is -0.352 e. The molecule has 1 unspecified atom stereocenters. The lowest BCUT2D eigenvalue weighted by atomic mass is 10.0. The van der Waals surface area contributed by atoms with Gasteiger partial charge in [0, 0.05) is 19.0 Å². The average molecular weight is 271 g/mol. The van der Waals surface area contributed by atoms with Crippen molar-refractivity contribution in [2.45, 2.75) is 58.4 Å². The van der Waals surface area contributed by atoms with Gasteiger partial charge >= 0.3 is 0 Å². The van der Waals surface area contributed by atoms with E-state index in [0.717, 1.165) is 45.2 Å². The van der Waals surface area contributed by atoms with Gasteiger partial charge in [-0.05, 0) is 45.8 Å². The molecule has 0 spiro atoms. The SMILES string of the molecule is CC(C)CC(CN(C)C)NC(=O)CCCCCCN. The number of nitrogens with zero attached hydrogens (tertiary/aromatic N) is 1. The van der Waals surface area contributed by atoms with Gasteiger partial charge in [0.15, 0.2) is 0 Å². The number of rotatable bonds is 11. The fourth-order valence-corrected chi connectivity index (χ4v) is 2.27. The zero-order chi connectivity index (χ0) is 14.7. The number of carbonyl (C=O) groups excluding carboxylic acids is 1. The first-order valence-electron chi connectivity index (χ1n) is 7.59. The number of hydrogen-bond donors (Lipinski definition) is 2. The molecule has 0 heterocycles. The van der Waals surface area contributed by atoms with Crippen molar-refractivity contribution in [3.8, 4) is 0 Å². The molecular formula is C15H33N3O. The monoisotopic (exact) mass is 271 g/mol. The number of carbonyl (C=O) groups is 1. The summed E-state index contributed by atoms with van der Waals surface area (Å²) in [5.41, 5.74) is 5.45. The smallest absolute Gasteiger partial charge is 0.220 e. The van der Waals surface area contributed by atoms with Crippen LogP contribution in [0.15, 0.2) is 0 Å². The Kier molecular flexibility index (Phi) is 10.9. The summed E-state index contributed by atoms with van der Waals surface area (Å²) in [4.78, 5) is 14.0. The van der Waals surface area contributed by atoms with Crippen LogP contribution >= 0.6 is 0 Å². The molecule has 3 N–H and O–H groups in total. The molecule has 0 aromatic heterocycles. The number of hydrogen-bond acceptors (Lipinski definition) is 3. The molecule has 0 aromatic rings. The Morgan fingerprint density at radius 2 is 1.79 bits per heavy atom. The molecular weight excluding hydrogens is 238 g/mol. The summed E-state index contributed by atoms with van der Waals surface area (Å²) in [6.07, 6.45) is 5.97. The van der Waals surface area contributed by atoms with Crippen molar-refractivity contribution in [1.29, 1.82) is 0 Å². The van der Waals surface area contributed by atoms with E-state index in [-0.39, 0.29) is 11.9 Å². The summed E-state index contributed by atoms with van der Waals surface area (Å²) >= 11 is 0. The Morgan fingerprint density at radius 1 is 1.16 bits per heavy atom. The molecule has 0 rings (SSSR count). The lowest BCUT2D eigenvalue weighted by Gasteiger charge is -2.24. The van der Waals surface area contributed by atoms with Crippen LogP contribution in [-0.2, 0) is 4.79 Å². The lowest BCUT2D eigenvalue weighted by molar-refractivity contribution is -0.122. The van der Waals surface area contributed by atoms with Crippen molar-refractivity contribution in [1.82, 2.24) is 10.2 Å². The van der Waals surface area contributed by atoms with E-state index < -0.39 is 0 Å². The normalized spacial score (nSPS) is 13.0. The van der Waals surface area contributed by atoms with Crippen LogP contribution in [-0.4, -0.2) is 44.0 Å². The maximum atomic E-state index is 11.9. The molecule has 0 radical (unpaired) electrons. The lowest BCUT2D eigenvalue weighted by Crippen LogP contribution is -2.42. The molecule has 19 heavy (non-hydrogen) atoms. The number of unbranched alkanes of at least 4 members (excludes halogenated alkanes) is 3. The highest BCUT2D eigenvalue weighted by Gasteiger charge is 2.14. The molecule has 4 heteroatoms. The summed E-state index contributed by atoms with van der Waals surface area (Å²) in [7, 11) is 4.10. The second kappa shape index (κ2) is 11.2. The fraction of sp³-hybridized carbons (Fsp3) is 0.933. The number of nitrogens with one attached hydrogen (secondary N) is 1. The zero-order valence-electron chi connectivity index (χ0n) is 13.2. The van der Waals surface area contributed by atoms with Gasteiger partial charge in [-0.3, -0.25) is 4.79 Å². The minimum absolute atomic E-state index is 0.195. The third-order valence-electron chi connectivity index (χ3n) is 3.06. The molecule has 0 bridgehead atoms. The molecule has 0 saturated heterocycles. The molecule has 1 amide bonds. The van der Waals surface area contributed by atoms with E-state index in [4.69, 9.17) is 5.73 Å². The number of nitrogens with two attached hydrogens (primary N) is 1. The van der Waals surface area contributed by atoms with Gasteiger partial charge in [-0.15, -0.1) is 0 Å². The van der Waals surface area contributed by atoms with E-state index in [0.29, 0.717) is 12.3 Å². The fourth-order valence-electron chi connectivity index (χ4n) is 2.27. The Hall–Kier alpha value is -0.610. The predicted octanol–water partition coefficient (Wildman–Crippen LogP) is 1.99. The molecule has 0 aliphatic heterocycles. The molecule has 0 aliphatic carbocycles. The second-order valence-corrected chi connectivity index (χ2v) is 6.11. The van der Waals surface area contributed by atoms with E-state index in [2.05, 4.69) is 24.1 Å². The van der Waals surface area contributed by atoms with Crippen LogP contribution in [0.25, 0.3) is 0 Å². The van der Waals surface area contributed by atoms with E-state index >= 15 is 0 Å². The van der Waals surface area contributed by atoms with Crippen LogP contribution in [0.1, 0.15) is 52.4 Å². The van der Waals surface area contributed by atoms with Gasteiger partial charge in [0.05, 0.1) is 0 Å². The van der Waals surface area contributed by atoms with Crippen molar-refractivity contribution < 1.29 is 4.79 Å². The highest BCUT2D eigenvalue weighted by Crippen LogP contribution is 2.07. The van der Waals surface area contributed by atoms with Crippen LogP contribution < -0.4 is 11.1 Å². The van der Waals surface area contributed by atoms with Crippen LogP contribution in [0.2, 0.25) is 0 Å². The Balaban J connectivity index is 3.88. The molecule has 0 fully saturated rings. The van der Waals surface area contributed by atoms with E-state index in [9.17, 15) is 4.79 Å². The van der Waals surface area contributed by atoms with Gasteiger partial charge in [-0.2, -0.15) is 0 Å². The largest absolute Gasteiger partial charge is 0.352 e. The molecule has 4 nitrogen and oxygen atoms in total. The first-order chi connectivity index (χ1) is 8.95. The number of amides is 1. The Morgan fingerprint density at radius 3 is 2.32 bits per heavy atom. The standard InChI is InChI=1S/C15H33N3O/c1-13(2)11-14(12-18(3)4)17-15(19)9-7-5-6-8-10-16/h13-14H,5-12,16H2,1-4H3,(H,17,19). The molecule has 0 saturated carbocycles. The van der Waals surface area contributed by atoms with Gasteiger partial charge in [0.1, 0.15) is 0 Å². The van der Waals surface area contributed by atoms with Gasteiger partial charge in [0.25, 0.3) is 0 Å². The first kappa shape index (κ1) is 18.4. The van der Waals surface area contributed by atoms with Gasteiger partial charge < -0.3 is 16.0 Å². The zero-order valence-corrected chi connectivity index (χ0v) is 13.2. The minimum atomic E-state index is 0.195. The van der Waals surface area contributed by atoms with Crippen molar-refractivity contribution in [3.05, 3.63) is 0 Å². The molecule has 1 atom stereocenters. The summed E-state index contributed by atoms with van der Waals surface area (Å²) in [5, 5.41) is 3.17. The third kappa shape index (κ3) is 12.2. The van der Waals surface area contributed by atoms with E-state index in [1.54, 1.807) is 0 Å². The van der Waals surface area contributed by atoms with E-state index in [1.807, 2.05) is 14.1 Å². The number of likely N-dealkylation sites (N-methyl/N-ethyl adjacent to an activating group) is 1. The summed E-state index contributed by atoms with van der Waals surface area (Å²) in [5.74, 6) is 0.801. The maximum Gasteiger partial charge on any atom is 0.220 e. The highest BCUT2D eigenvalue weighted by molar-refractivity contribution is 5.76. The Labute approximate surface area is 119 Å². The van der Waals surface area contributed by atoms with Gasteiger partial charge in [0.2, 0.25) is 5.91 Å². The van der Waals surface area contributed by atoms with Crippen LogP contribution in [0.5, 0.6) is 0 Å². The molecule has 114 valence electrons. The second-order valence-electron chi connectivity index (χ2n) is 6.11. The quantitative estimate of drug-likeness (QED) is 0.565. The van der Waals surface area contributed by atoms with Crippen molar-refractivity contribution in [2.75, 3.05) is 27.2 Å². The highest BCUT2D eigenvalue weighted by atomic mass is 16.1. The molecule has 0 aromatic carbocycles. The third-order valence-corrected chi connectivity index (χ3v) is 3.06. The van der Waals surface area contributed by atoms with Crippen LogP contribution in [0.3, 0.4) is 0 Å². The van der Waals surface area contributed by atoms with E-state index in [1.165, 1.54) is 0 Å². The molecule has 0 aliphatic rings. The van der Waals surface area contributed by atoms with Crippen molar-refractivity contribution in [3.63, 3.8) is 0 Å². The van der Waals surface area contributed by atoms with Gasteiger partial charge in [-0.1, -0.05) is 26.7 Å². The van der Waals surface area contributed by atoms with Crippen molar-refractivity contribution >= 4 is 5.91 Å². The van der Waals surface area contributed by atoms with Crippen molar-refractivity contribution in [2.24, 2.45) is 11.7 Å².